The number of fused-ring (bicyclic) bond motifs is 4. The zero-order chi connectivity index (χ0) is 46.4. The largest absolute Gasteiger partial charge is 0.311 e. The summed E-state index contributed by atoms with van der Waals surface area (Å²) in [6.45, 7) is -0.298. The first kappa shape index (κ1) is 41.3. The van der Waals surface area contributed by atoms with Gasteiger partial charge in [-0.2, -0.15) is 0 Å². The molecule has 2 heterocycles. The van der Waals surface area contributed by atoms with Crippen LogP contribution in [0.3, 0.4) is 0 Å². The number of hydrogen-bond donors (Lipinski definition) is 0. The van der Waals surface area contributed by atoms with Crippen LogP contribution < -0.4 is 42.6 Å². The minimum absolute atomic E-state index is 0.149. The Labute approximate surface area is 411 Å². The fourth-order valence-electron chi connectivity index (χ4n) is 11.5. The van der Waals surface area contributed by atoms with Crippen molar-refractivity contribution < 1.29 is 0 Å². The molecule has 13 rings (SSSR count). The van der Waals surface area contributed by atoms with Gasteiger partial charge in [0.15, 0.2) is 0 Å². The van der Waals surface area contributed by atoms with Crippen LogP contribution in [-0.4, -0.2) is 13.4 Å². The molecule has 11 aromatic carbocycles. The van der Waals surface area contributed by atoms with Crippen molar-refractivity contribution in [2.75, 3.05) is 9.80 Å². The number of rotatable bonds is 8. The van der Waals surface area contributed by atoms with Crippen molar-refractivity contribution in [1.82, 2.24) is 0 Å². The molecule has 0 atom stereocenters. The fourth-order valence-corrected chi connectivity index (χ4v) is 11.5. The monoisotopic (exact) mass is 888 g/mol. The van der Waals surface area contributed by atoms with E-state index in [1.165, 1.54) is 88.7 Å². The van der Waals surface area contributed by atoms with Crippen LogP contribution >= 0.6 is 0 Å². The highest BCUT2D eigenvalue weighted by Gasteiger charge is 2.43. The number of benzene rings is 11. The van der Waals surface area contributed by atoms with Gasteiger partial charge in [0.25, 0.3) is 0 Å². The summed E-state index contributed by atoms with van der Waals surface area (Å²) in [5, 5.41) is 0. The van der Waals surface area contributed by atoms with Crippen molar-refractivity contribution in [2.45, 2.75) is 0 Å². The predicted molar refractivity (Wildman–Crippen MR) is 300 cm³/mol. The first-order valence-corrected chi connectivity index (χ1v) is 24.3. The molecule has 326 valence electrons. The molecule has 0 fully saturated rings. The molecule has 0 aliphatic carbocycles. The van der Waals surface area contributed by atoms with E-state index < -0.39 is 0 Å². The van der Waals surface area contributed by atoms with Gasteiger partial charge in [-0.3, -0.25) is 0 Å². The summed E-state index contributed by atoms with van der Waals surface area (Å²) in [5.41, 5.74) is 24.3. The first-order chi connectivity index (χ1) is 34.8. The zero-order valence-corrected chi connectivity index (χ0v) is 38.6. The van der Waals surface area contributed by atoms with E-state index in [2.05, 4.69) is 289 Å². The van der Waals surface area contributed by atoms with Gasteiger partial charge in [0.2, 0.25) is 13.4 Å². The van der Waals surface area contributed by atoms with Crippen LogP contribution in [0.2, 0.25) is 0 Å². The van der Waals surface area contributed by atoms with E-state index in [0.29, 0.717) is 0 Å². The summed E-state index contributed by atoms with van der Waals surface area (Å²) in [6, 6.07) is 103. The molecule has 2 nitrogen and oxygen atoms in total. The number of nitrogens with zero attached hydrogens (tertiary/aromatic N) is 2. The van der Waals surface area contributed by atoms with Crippen molar-refractivity contribution in [3.63, 3.8) is 0 Å². The number of hydrogen-bond acceptors (Lipinski definition) is 2. The van der Waals surface area contributed by atoms with Gasteiger partial charge < -0.3 is 9.80 Å². The van der Waals surface area contributed by atoms with Gasteiger partial charge in [-0.05, 0) is 109 Å². The van der Waals surface area contributed by atoms with Gasteiger partial charge in [0.05, 0.1) is 0 Å². The summed E-state index contributed by atoms with van der Waals surface area (Å²) >= 11 is 0. The van der Waals surface area contributed by atoms with Crippen LogP contribution in [0, 0.1) is 0 Å². The third kappa shape index (κ3) is 6.99. The standard InChI is InChI=1S/C66H46B2N2/c1-7-25-47(26-8-1)53-37-23-38-54(48-27-9-2-10-28-48)65(53)67-57-41-19-21-43-61(57)69(51-33-15-5-16-34-51)63-46-64-60(45-59(63)67)68(58-42-20-22-44-62(58)70(64)52-35-17-6-18-36-52)66-55(49-29-11-3-12-30-49)39-24-40-56(66)50-31-13-4-14-32-50/h1-46H. The van der Waals surface area contributed by atoms with E-state index in [9.17, 15) is 0 Å². The van der Waals surface area contributed by atoms with Gasteiger partial charge in [-0.15, -0.1) is 0 Å². The van der Waals surface area contributed by atoms with Crippen molar-refractivity contribution in [1.29, 1.82) is 0 Å². The molecule has 2 aliphatic heterocycles. The van der Waals surface area contributed by atoms with Crippen LogP contribution in [0.15, 0.2) is 279 Å². The maximum atomic E-state index is 2.62. The topological polar surface area (TPSA) is 6.48 Å². The minimum atomic E-state index is -0.149. The maximum absolute atomic E-state index is 2.62. The van der Waals surface area contributed by atoms with Crippen molar-refractivity contribution >= 4 is 80.3 Å². The molecule has 4 heteroatoms. The average molecular weight is 889 g/mol. The quantitative estimate of drug-likeness (QED) is 0.140. The van der Waals surface area contributed by atoms with Crippen LogP contribution in [-0.2, 0) is 0 Å². The molecular weight excluding hydrogens is 842 g/mol. The van der Waals surface area contributed by atoms with Crippen molar-refractivity contribution in [3.8, 4) is 44.5 Å². The Kier molecular flexibility index (Phi) is 10.4. The molecule has 0 amide bonds. The lowest BCUT2D eigenvalue weighted by Gasteiger charge is -2.42. The lowest BCUT2D eigenvalue weighted by molar-refractivity contribution is 1.26. The highest BCUT2D eigenvalue weighted by Crippen LogP contribution is 2.43. The van der Waals surface area contributed by atoms with Gasteiger partial charge >= 0.3 is 0 Å². The normalized spacial score (nSPS) is 12.5. The molecule has 70 heavy (non-hydrogen) atoms. The Morgan fingerprint density at radius 1 is 0.214 bits per heavy atom. The summed E-state index contributed by atoms with van der Waals surface area (Å²) in [7, 11) is 0. The van der Waals surface area contributed by atoms with Crippen LogP contribution in [0.25, 0.3) is 44.5 Å². The molecule has 0 unspecified atom stereocenters. The fraction of sp³-hybridized carbons (Fsp3) is 0. The van der Waals surface area contributed by atoms with Crippen molar-refractivity contribution in [2.24, 2.45) is 0 Å². The van der Waals surface area contributed by atoms with Crippen LogP contribution in [0.1, 0.15) is 0 Å². The molecule has 0 aromatic heterocycles. The van der Waals surface area contributed by atoms with Gasteiger partial charge in [0.1, 0.15) is 0 Å². The second kappa shape index (κ2) is 17.7. The van der Waals surface area contributed by atoms with Gasteiger partial charge in [0, 0.05) is 34.1 Å². The molecule has 0 bridgehead atoms. The smallest absolute Gasteiger partial charge is 0.248 e. The molecule has 0 saturated heterocycles. The van der Waals surface area contributed by atoms with E-state index in [1.807, 2.05) is 0 Å². The molecule has 0 radical (unpaired) electrons. The van der Waals surface area contributed by atoms with Gasteiger partial charge in [-0.25, -0.2) is 0 Å². The maximum Gasteiger partial charge on any atom is 0.248 e. The predicted octanol–water partition coefficient (Wildman–Crippen LogP) is 13.0. The van der Waals surface area contributed by atoms with E-state index in [-0.39, 0.29) is 13.4 Å². The average Bonchev–Trinajstić information content (AvgIpc) is 3.44. The summed E-state index contributed by atoms with van der Waals surface area (Å²) in [6.07, 6.45) is 0. The molecule has 2 aliphatic rings. The van der Waals surface area contributed by atoms with Crippen LogP contribution in [0.4, 0.5) is 34.1 Å². The summed E-state index contributed by atoms with van der Waals surface area (Å²) in [5.74, 6) is 0. The molecule has 0 N–H and O–H groups in total. The third-order valence-electron chi connectivity index (χ3n) is 14.4. The van der Waals surface area contributed by atoms with E-state index in [4.69, 9.17) is 0 Å². The second-order valence-corrected chi connectivity index (χ2v) is 18.3. The Bertz CT molecular complexity index is 3300. The van der Waals surface area contributed by atoms with E-state index in [0.717, 1.165) is 22.7 Å². The lowest BCUT2D eigenvalue weighted by atomic mass is 9.30. The SMILES string of the molecule is c1ccc(-c2cccc(-c3ccccc3)c2B2c3ccccc3N(c3ccccc3)c3cc4c(cc32)B(c2c(-c3ccccc3)cccc2-c2ccccc2)c2ccccc2N4c2ccccc2)cc1. The van der Waals surface area contributed by atoms with Gasteiger partial charge in [-0.1, -0.05) is 248 Å². The lowest BCUT2D eigenvalue weighted by Crippen LogP contribution is -2.62. The molecule has 11 aromatic rings. The molecule has 0 saturated carbocycles. The summed E-state index contributed by atoms with van der Waals surface area (Å²) in [4.78, 5) is 5.03. The first-order valence-electron chi connectivity index (χ1n) is 24.3. The summed E-state index contributed by atoms with van der Waals surface area (Å²) < 4.78 is 0. The Balaban J connectivity index is 1.19. The second-order valence-electron chi connectivity index (χ2n) is 18.3. The van der Waals surface area contributed by atoms with E-state index in [1.54, 1.807) is 0 Å². The minimum Gasteiger partial charge on any atom is -0.311 e. The molecular formula is C66H46B2N2. The van der Waals surface area contributed by atoms with Crippen molar-refractivity contribution in [3.05, 3.63) is 279 Å². The highest BCUT2D eigenvalue weighted by molar-refractivity contribution is 7.02. The zero-order valence-electron chi connectivity index (χ0n) is 38.6. The molecule has 0 spiro atoms. The third-order valence-corrected chi connectivity index (χ3v) is 14.4. The van der Waals surface area contributed by atoms with Crippen LogP contribution in [0.5, 0.6) is 0 Å². The number of anilines is 6. The number of para-hydroxylation sites is 4. The Morgan fingerprint density at radius 3 is 0.829 bits per heavy atom. The Hall–Kier alpha value is -8.85. The highest BCUT2D eigenvalue weighted by atomic mass is 15.2. The Morgan fingerprint density at radius 2 is 0.500 bits per heavy atom. The van der Waals surface area contributed by atoms with E-state index >= 15 is 0 Å².